The lowest BCUT2D eigenvalue weighted by molar-refractivity contribution is 1.09. The quantitative estimate of drug-likeness (QED) is 0.615. The van der Waals surface area contributed by atoms with Gasteiger partial charge in [-0.2, -0.15) is 5.26 Å². The summed E-state index contributed by atoms with van der Waals surface area (Å²) in [5.41, 5.74) is 3.40. The highest BCUT2D eigenvalue weighted by Crippen LogP contribution is 2.41. The van der Waals surface area contributed by atoms with E-state index in [1.165, 1.54) is 24.0 Å². The molecule has 1 nitrogen and oxygen atoms in total. The van der Waals surface area contributed by atoms with Crippen molar-refractivity contribution in [3.8, 4) is 6.07 Å². The van der Waals surface area contributed by atoms with Gasteiger partial charge < -0.3 is 0 Å². The van der Waals surface area contributed by atoms with Crippen LogP contribution in [0.15, 0.2) is 18.2 Å². The van der Waals surface area contributed by atoms with Gasteiger partial charge in [-0.25, -0.2) is 0 Å². The molecule has 60 valence electrons. The molecule has 0 bridgehead atoms. The maximum atomic E-state index is 8.80. The summed E-state index contributed by atoms with van der Waals surface area (Å²) < 4.78 is 0. The highest BCUT2D eigenvalue weighted by Gasteiger charge is 2.25. The van der Waals surface area contributed by atoms with Gasteiger partial charge in [0.1, 0.15) is 0 Å². The smallest absolute Gasteiger partial charge is 0.0994 e. The molecule has 1 aliphatic rings. The molecule has 0 aliphatic heterocycles. The minimum absolute atomic E-state index is 0.748. The van der Waals surface area contributed by atoms with E-state index in [9.17, 15) is 0 Å². The van der Waals surface area contributed by atoms with Crippen molar-refractivity contribution in [2.75, 3.05) is 0 Å². The molecule has 0 radical (unpaired) electrons. The van der Waals surface area contributed by atoms with Crippen LogP contribution in [0.25, 0.3) is 0 Å². The van der Waals surface area contributed by atoms with Gasteiger partial charge in [0, 0.05) is 0 Å². The van der Waals surface area contributed by atoms with Crippen molar-refractivity contribution in [2.45, 2.75) is 25.7 Å². The second kappa shape index (κ2) is 2.64. The fourth-order valence-corrected chi connectivity index (χ4v) is 1.61. The third-order valence-corrected chi connectivity index (χ3v) is 2.51. The molecule has 1 saturated carbocycles. The molecule has 0 saturated heterocycles. The second-order valence-corrected chi connectivity index (χ2v) is 3.41. The summed E-state index contributed by atoms with van der Waals surface area (Å²) in [6, 6.07) is 8.24. The van der Waals surface area contributed by atoms with E-state index in [4.69, 9.17) is 5.26 Å². The molecule has 0 N–H and O–H groups in total. The Kier molecular flexibility index (Phi) is 1.62. The average molecular weight is 157 g/mol. The van der Waals surface area contributed by atoms with E-state index in [0.29, 0.717) is 0 Å². The van der Waals surface area contributed by atoms with Gasteiger partial charge in [-0.1, -0.05) is 12.1 Å². The zero-order chi connectivity index (χ0) is 8.55. The molecule has 12 heavy (non-hydrogen) atoms. The van der Waals surface area contributed by atoms with Crippen LogP contribution in [0.3, 0.4) is 0 Å². The van der Waals surface area contributed by atoms with E-state index in [-0.39, 0.29) is 0 Å². The van der Waals surface area contributed by atoms with Gasteiger partial charge in [0.25, 0.3) is 0 Å². The van der Waals surface area contributed by atoms with E-state index in [1.54, 1.807) is 0 Å². The Balaban J connectivity index is 2.49. The average Bonchev–Trinajstić information content (AvgIpc) is 2.88. The maximum Gasteiger partial charge on any atom is 0.0994 e. The lowest BCUT2D eigenvalue weighted by Gasteiger charge is -2.04. The third kappa shape index (κ3) is 1.10. The summed E-state index contributed by atoms with van der Waals surface area (Å²) in [5.74, 6) is 0.748. The Bertz CT molecular complexity index is 343. The first kappa shape index (κ1) is 7.36. The largest absolute Gasteiger partial charge is 0.192 e. The SMILES string of the molecule is Cc1c(C#N)cccc1C1CC1. The van der Waals surface area contributed by atoms with E-state index in [2.05, 4.69) is 12.1 Å². The van der Waals surface area contributed by atoms with Gasteiger partial charge in [-0.3, -0.25) is 0 Å². The molecule has 1 aliphatic carbocycles. The molecule has 0 atom stereocenters. The zero-order valence-corrected chi connectivity index (χ0v) is 7.17. The molecule has 0 heterocycles. The molecule has 2 rings (SSSR count). The third-order valence-electron chi connectivity index (χ3n) is 2.51. The van der Waals surface area contributed by atoms with Gasteiger partial charge in [0.05, 0.1) is 11.6 Å². The molecule has 1 heteroatoms. The first-order valence-corrected chi connectivity index (χ1v) is 4.32. The second-order valence-electron chi connectivity index (χ2n) is 3.41. The van der Waals surface area contributed by atoms with Crippen LogP contribution in [-0.2, 0) is 0 Å². The van der Waals surface area contributed by atoms with Crippen molar-refractivity contribution < 1.29 is 0 Å². The lowest BCUT2D eigenvalue weighted by Crippen LogP contribution is -1.89. The minimum atomic E-state index is 0.748. The van der Waals surface area contributed by atoms with Crippen LogP contribution < -0.4 is 0 Å². The Morgan fingerprint density at radius 3 is 2.75 bits per heavy atom. The number of nitriles is 1. The Hall–Kier alpha value is -1.29. The van der Waals surface area contributed by atoms with Crippen LogP contribution in [0.4, 0.5) is 0 Å². The van der Waals surface area contributed by atoms with Gasteiger partial charge in [-0.05, 0) is 42.9 Å². The summed E-state index contributed by atoms with van der Waals surface area (Å²) >= 11 is 0. The highest BCUT2D eigenvalue weighted by atomic mass is 14.3. The lowest BCUT2D eigenvalue weighted by atomic mass is 10.00. The van der Waals surface area contributed by atoms with Crippen LogP contribution in [0.5, 0.6) is 0 Å². The molecular weight excluding hydrogens is 146 g/mol. The summed E-state index contributed by atoms with van der Waals surface area (Å²) in [4.78, 5) is 0. The molecular formula is C11H11N. The molecule has 0 spiro atoms. The highest BCUT2D eigenvalue weighted by molar-refractivity contribution is 5.44. The van der Waals surface area contributed by atoms with E-state index < -0.39 is 0 Å². The molecule has 1 aromatic carbocycles. The predicted molar refractivity (Wildman–Crippen MR) is 47.9 cm³/mol. The monoisotopic (exact) mass is 157 g/mol. The fourth-order valence-electron chi connectivity index (χ4n) is 1.61. The van der Waals surface area contributed by atoms with Gasteiger partial charge >= 0.3 is 0 Å². The van der Waals surface area contributed by atoms with E-state index >= 15 is 0 Å². The predicted octanol–water partition coefficient (Wildman–Crippen LogP) is 2.74. The number of benzene rings is 1. The van der Waals surface area contributed by atoms with Crippen molar-refractivity contribution >= 4 is 0 Å². The standard InChI is InChI=1S/C11H11N/c1-8-10(7-12)3-2-4-11(8)9-5-6-9/h2-4,9H,5-6H2,1H3. The first-order valence-electron chi connectivity index (χ1n) is 4.32. The first-order chi connectivity index (χ1) is 5.83. The van der Waals surface area contributed by atoms with Crippen molar-refractivity contribution in [1.82, 2.24) is 0 Å². The summed E-state index contributed by atoms with van der Waals surface area (Å²) in [7, 11) is 0. The van der Waals surface area contributed by atoms with Crippen LogP contribution in [0.2, 0.25) is 0 Å². The van der Waals surface area contributed by atoms with Gasteiger partial charge in [0.2, 0.25) is 0 Å². The Labute approximate surface area is 72.6 Å². The van der Waals surface area contributed by atoms with Crippen molar-refractivity contribution in [2.24, 2.45) is 0 Å². The summed E-state index contributed by atoms with van der Waals surface area (Å²) in [5, 5.41) is 8.80. The van der Waals surface area contributed by atoms with Crippen molar-refractivity contribution in [3.05, 3.63) is 34.9 Å². The van der Waals surface area contributed by atoms with Crippen LogP contribution in [-0.4, -0.2) is 0 Å². The summed E-state index contributed by atoms with van der Waals surface area (Å²) in [6.07, 6.45) is 2.60. The Morgan fingerprint density at radius 2 is 2.17 bits per heavy atom. The number of hydrogen-bond donors (Lipinski definition) is 0. The van der Waals surface area contributed by atoms with Crippen LogP contribution in [0, 0.1) is 18.3 Å². The topological polar surface area (TPSA) is 23.8 Å². The van der Waals surface area contributed by atoms with Gasteiger partial charge in [0.15, 0.2) is 0 Å². The fraction of sp³-hybridized carbons (Fsp3) is 0.364. The van der Waals surface area contributed by atoms with Crippen LogP contribution >= 0.6 is 0 Å². The molecule has 0 aromatic heterocycles. The summed E-state index contributed by atoms with van der Waals surface area (Å²) in [6.45, 7) is 2.05. The number of rotatable bonds is 1. The molecule has 0 amide bonds. The molecule has 0 unspecified atom stereocenters. The number of nitrogens with zero attached hydrogens (tertiary/aromatic N) is 1. The van der Waals surface area contributed by atoms with Crippen LogP contribution in [0.1, 0.15) is 35.4 Å². The number of hydrogen-bond acceptors (Lipinski definition) is 1. The normalized spacial score (nSPS) is 15.7. The van der Waals surface area contributed by atoms with Crippen molar-refractivity contribution in [3.63, 3.8) is 0 Å². The van der Waals surface area contributed by atoms with Crippen molar-refractivity contribution in [1.29, 1.82) is 5.26 Å². The Morgan fingerprint density at radius 1 is 1.42 bits per heavy atom. The minimum Gasteiger partial charge on any atom is -0.192 e. The van der Waals surface area contributed by atoms with Gasteiger partial charge in [-0.15, -0.1) is 0 Å². The maximum absolute atomic E-state index is 8.80. The van der Waals surface area contributed by atoms with E-state index in [1.807, 2.05) is 19.1 Å². The molecule has 1 aromatic rings. The van der Waals surface area contributed by atoms with E-state index in [0.717, 1.165) is 11.5 Å². The molecule has 1 fully saturated rings. The zero-order valence-electron chi connectivity index (χ0n) is 7.17.